The van der Waals surface area contributed by atoms with E-state index in [-0.39, 0.29) is 11.5 Å². The summed E-state index contributed by atoms with van der Waals surface area (Å²) >= 11 is 1.74. The molecule has 1 aromatic rings. The van der Waals surface area contributed by atoms with E-state index in [1.165, 1.54) is 6.07 Å². The summed E-state index contributed by atoms with van der Waals surface area (Å²) in [5.74, 6) is 1.56. The SMILES string of the molecule is CSCC(C)N(C)c1ccc([N+](=O)[O-])c(N)n1. The number of pyridine rings is 1. The van der Waals surface area contributed by atoms with E-state index in [9.17, 15) is 10.1 Å². The Labute approximate surface area is 104 Å². The number of nitrogens with zero attached hydrogens (tertiary/aromatic N) is 3. The second-order valence-electron chi connectivity index (χ2n) is 3.75. The van der Waals surface area contributed by atoms with Crippen molar-refractivity contribution in [1.82, 2.24) is 4.98 Å². The Bertz CT molecular complexity index is 413. The van der Waals surface area contributed by atoms with E-state index in [4.69, 9.17) is 5.73 Å². The van der Waals surface area contributed by atoms with Crippen LogP contribution in [0.1, 0.15) is 6.92 Å². The molecule has 94 valence electrons. The second-order valence-corrected chi connectivity index (χ2v) is 4.66. The van der Waals surface area contributed by atoms with Gasteiger partial charge in [0.05, 0.1) is 4.92 Å². The van der Waals surface area contributed by atoms with E-state index >= 15 is 0 Å². The molecule has 0 bridgehead atoms. The first-order valence-corrected chi connectivity index (χ1v) is 6.49. The number of hydrogen-bond donors (Lipinski definition) is 1. The number of nitrogens with two attached hydrogens (primary N) is 1. The Morgan fingerprint density at radius 3 is 2.76 bits per heavy atom. The Morgan fingerprint density at radius 2 is 2.29 bits per heavy atom. The van der Waals surface area contributed by atoms with Crippen LogP contribution in [0.5, 0.6) is 0 Å². The molecule has 1 rings (SSSR count). The van der Waals surface area contributed by atoms with Crippen molar-refractivity contribution in [1.29, 1.82) is 0 Å². The predicted molar refractivity (Wildman–Crippen MR) is 71.6 cm³/mol. The van der Waals surface area contributed by atoms with Crippen LogP contribution in [-0.2, 0) is 0 Å². The maximum atomic E-state index is 10.6. The van der Waals surface area contributed by atoms with Gasteiger partial charge in [0.15, 0.2) is 0 Å². The molecule has 0 saturated carbocycles. The Balaban J connectivity index is 2.93. The summed E-state index contributed by atoms with van der Waals surface area (Å²) in [4.78, 5) is 16.1. The molecule has 0 saturated heterocycles. The third-order valence-electron chi connectivity index (χ3n) is 2.51. The highest BCUT2D eigenvalue weighted by Gasteiger charge is 2.16. The van der Waals surface area contributed by atoms with Crippen LogP contribution < -0.4 is 10.6 Å². The van der Waals surface area contributed by atoms with Crippen LogP contribution in [0, 0.1) is 10.1 Å². The lowest BCUT2D eigenvalue weighted by molar-refractivity contribution is -0.384. The summed E-state index contributed by atoms with van der Waals surface area (Å²) in [5, 5.41) is 10.6. The van der Waals surface area contributed by atoms with Crippen LogP contribution in [0.25, 0.3) is 0 Å². The number of thioether (sulfide) groups is 1. The molecule has 1 aromatic heterocycles. The highest BCUT2D eigenvalue weighted by Crippen LogP contribution is 2.23. The molecular weight excluding hydrogens is 240 g/mol. The van der Waals surface area contributed by atoms with Crippen LogP contribution in [0.15, 0.2) is 12.1 Å². The molecule has 6 nitrogen and oxygen atoms in total. The van der Waals surface area contributed by atoms with Crippen molar-refractivity contribution in [3.8, 4) is 0 Å². The zero-order valence-electron chi connectivity index (χ0n) is 10.1. The zero-order valence-corrected chi connectivity index (χ0v) is 10.9. The number of nitrogen functional groups attached to an aromatic ring is 1. The molecule has 0 aliphatic heterocycles. The molecule has 17 heavy (non-hydrogen) atoms. The van der Waals surface area contributed by atoms with E-state index in [0.717, 1.165) is 5.75 Å². The van der Waals surface area contributed by atoms with E-state index in [0.29, 0.717) is 11.9 Å². The molecule has 1 heterocycles. The Kier molecular flexibility index (Phi) is 4.56. The molecule has 0 aliphatic rings. The standard InChI is InChI=1S/C10H16N4O2S/c1-7(6-17-3)13(2)9-5-4-8(14(15)16)10(11)12-9/h4-5,7H,6H2,1-3H3,(H2,11,12). The van der Waals surface area contributed by atoms with Gasteiger partial charge in [0, 0.05) is 24.9 Å². The van der Waals surface area contributed by atoms with Crippen LogP contribution in [0.2, 0.25) is 0 Å². The fraction of sp³-hybridized carbons (Fsp3) is 0.500. The van der Waals surface area contributed by atoms with Gasteiger partial charge in [-0.1, -0.05) is 0 Å². The van der Waals surface area contributed by atoms with Crippen molar-refractivity contribution in [2.75, 3.05) is 29.7 Å². The third kappa shape index (κ3) is 3.23. The minimum atomic E-state index is -0.530. The van der Waals surface area contributed by atoms with Gasteiger partial charge >= 0.3 is 5.69 Å². The van der Waals surface area contributed by atoms with E-state index in [1.54, 1.807) is 17.8 Å². The lowest BCUT2D eigenvalue weighted by atomic mass is 10.3. The van der Waals surface area contributed by atoms with E-state index < -0.39 is 4.92 Å². The first-order chi connectivity index (χ1) is 7.97. The lowest BCUT2D eigenvalue weighted by Crippen LogP contribution is -2.31. The molecule has 0 spiro atoms. The van der Waals surface area contributed by atoms with Crippen molar-refractivity contribution in [2.24, 2.45) is 0 Å². The van der Waals surface area contributed by atoms with Crippen molar-refractivity contribution in [3.05, 3.63) is 22.2 Å². The van der Waals surface area contributed by atoms with Crippen molar-refractivity contribution in [2.45, 2.75) is 13.0 Å². The first kappa shape index (κ1) is 13.6. The highest BCUT2D eigenvalue weighted by molar-refractivity contribution is 7.98. The summed E-state index contributed by atoms with van der Waals surface area (Å²) in [6, 6.07) is 3.30. The van der Waals surface area contributed by atoms with Gasteiger partial charge in [-0.2, -0.15) is 11.8 Å². The average molecular weight is 256 g/mol. The lowest BCUT2D eigenvalue weighted by Gasteiger charge is -2.25. The van der Waals surface area contributed by atoms with Crippen molar-refractivity contribution >= 4 is 29.1 Å². The van der Waals surface area contributed by atoms with Gasteiger partial charge in [0.25, 0.3) is 0 Å². The van der Waals surface area contributed by atoms with Crippen molar-refractivity contribution < 1.29 is 4.92 Å². The molecule has 1 atom stereocenters. The molecule has 0 aliphatic carbocycles. The largest absolute Gasteiger partial charge is 0.378 e. The summed E-state index contributed by atoms with van der Waals surface area (Å²) < 4.78 is 0. The Hall–Kier alpha value is -1.50. The van der Waals surface area contributed by atoms with E-state index in [1.807, 2.05) is 18.2 Å². The molecule has 1 unspecified atom stereocenters. The molecular formula is C10H16N4O2S. The smallest absolute Gasteiger partial charge is 0.311 e. The average Bonchev–Trinajstić information content (AvgIpc) is 2.27. The molecule has 2 N–H and O–H groups in total. The van der Waals surface area contributed by atoms with Gasteiger partial charge in [-0.25, -0.2) is 4.98 Å². The highest BCUT2D eigenvalue weighted by atomic mass is 32.2. The maximum Gasteiger partial charge on any atom is 0.311 e. The van der Waals surface area contributed by atoms with Crippen LogP contribution in [-0.4, -0.2) is 35.0 Å². The summed E-state index contributed by atoms with van der Waals surface area (Å²) in [6.45, 7) is 2.07. The van der Waals surface area contributed by atoms with Gasteiger partial charge < -0.3 is 10.6 Å². The van der Waals surface area contributed by atoms with E-state index in [2.05, 4.69) is 11.9 Å². The van der Waals surface area contributed by atoms with Gasteiger partial charge in [-0.15, -0.1) is 0 Å². The minimum absolute atomic E-state index is 0.0456. The number of rotatable bonds is 5. The number of aromatic nitrogens is 1. The molecule has 7 heteroatoms. The summed E-state index contributed by atoms with van der Waals surface area (Å²) in [5.41, 5.74) is 5.40. The van der Waals surface area contributed by atoms with Crippen LogP contribution >= 0.6 is 11.8 Å². The van der Waals surface area contributed by atoms with Crippen molar-refractivity contribution in [3.63, 3.8) is 0 Å². The summed E-state index contributed by atoms with van der Waals surface area (Å²) in [6.07, 6.45) is 2.03. The molecule has 0 amide bonds. The molecule has 0 fully saturated rings. The third-order valence-corrected chi connectivity index (χ3v) is 3.33. The zero-order chi connectivity index (χ0) is 13.0. The fourth-order valence-electron chi connectivity index (χ4n) is 1.39. The maximum absolute atomic E-state index is 10.6. The number of nitro groups is 1. The first-order valence-electron chi connectivity index (χ1n) is 5.10. The topological polar surface area (TPSA) is 85.3 Å². The summed E-state index contributed by atoms with van der Waals surface area (Å²) in [7, 11) is 1.90. The molecule has 0 aromatic carbocycles. The van der Waals surface area contributed by atoms with Gasteiger partial charge in [-0.3, -0.25) is 10.1 Å². The fourth-order valence-corrected chi connectivity index (χ4v) is 2.09. The quantitative estimate of drug-likeness (QED) is 0.638. The monoisotopic (exact) mass is 256 g/mol. The van der Waals surface area contributed by atoms with Gasteiger partial charge in [0.1, 0.15) is 5.82 Å². The number of hydrogen-bond acceptors (Lipinski definition) is 6. The predicted octanol–water partition coefficient (Wildman–Crippen LogP) is 1.76. The van der Waals surface area contributed by atoms with Gasteiger partial charge in [-0.05, 0) is 19.2 Å². The normalized spacial score (nSPS) is 12.2. The molecule has 0 radical (unpaired) electrons. The number of anilines is 2. The minimum Gasteiger partial charge on any atom is -0.378 e. The second kappa shape index (κ2) is 5.72. The Morgan fingerprint density at radius 1 is 1.65 bits per heavy atom. The van der Waals surface area contributed by atoms with Crippen LogP contribution in [0.3, 0.4) is 0 Å². The van der Waals surface area contributed by atoms with Crippen LogP contribution in [0.4, 0.5) is 17.3 Å². The van der Waals surface area contributed by atoms with Gasteiger partial charge in [0.2, 0.25) is 5.82 Å².